The lowest BCUT2D eigenvalue weighted by molar-refractivity contribution is -0.140. The number of hydrogen-bond donors (Lipinski definition) is 1. The molecule has 2 unspecified atom stereocenters. The summed E-state index contributed by atoms with van der Waals surface area (Å²) in [5.74, 6) is 1.39. The molecule has 0 radical (unpaired) electrons. The summed E-state index contributed by atoms with van der Waals surface area (Å²) in [5.41, 5.74) is 6.83. The number of nitrogens with two attached hydrogens (primary N) is 1. The van der Waals surface area contributed by atoms with Crippen LogP contribution in [0.2, 0.25) is 0 Å². The van der Waals surface area contributed by atoms with Gasteiger partial charge in [-0.15, -0.1) is 12.4 Å². The predicted octanol–water partition coefficient (Wildman–Crippen LogP) is 1.94. The lowest BCUT2D eigenvalue weighted by Gasteiger charge is -2.45. The van der Waals surface area contributed by atoms with E-state index in [4.69, 9.17) is 5.73 Å². The highest BCUT2D eigenvalue weighted by atomic mass is 35.5. The normalized spacial score (nSPS) is 30.4. The van der Waals surface area contributed by atoms with Crippen LogP contribution in [0.25, 0.3) is 0 Å². The van der Waals surface area contributed by atoms with Crippen molar-refractivity contribution in [1.82, 2.24) is 14.8 Å². The molecule has 2 bridgehead atoms. The molecule has 2 amide bonds. The largest absolute Gasteiger partial charge is 0.339 e. The first-order chi connectivity index (χ1) is 12.6. The number of carbonyl (C=O) groups excluding carboxylic acids is 2. The third-order valence-electron chi connectivity index (χ3n) is 6.52. The molecule has 2 heterocycles. The number of carbonyl (C=O) groups is 2. The van der Waals surface area contributed by atoms with Gasteiger partial charge in [-0.1, -0.05) is 12.5 Å². The lowest BCUT2D eigenvalue weighted by atomic mass is 9.65. The maximum Gasteiger partial charge on any atom is 0.272 e. The van der Waals surface area contributed by atoms with Gasteiger partial charge in [0.1, 0.15) is 5.69 Å². The summed E-state index contributed by atoms with van der Waals surface area (Å²) < 4.78 is 0. The molecule has 3 fully saturated rings. The maximum atomic E-state index is 13.0. The molecule has 0 spiro atoms. The number of aromatic nitrogens is 1. The molecule has 1 saturated heterocycles. The van der Waals surface area contributed by atoms with E-state index in [1.54, 1.807) is 23.2 Å². The van der Waals surface area contributed by atoms with E-state index in [0.717, 1.165) is 12.8 Å². The Balaban J connectivity index is 0.00000210. The number of fused-ring (bicyclic) bond motifs is 2. The van der Waals surface area contributed by atoms with Crippen LogP contribution in [-0.2, 0) is 4.79 Å². The van der Waals surface area contributed by atoms with Crippen molar-refractivity contribution >= 4 is 24.2 Å². The topological polar surface area (TPSA) is 79.5 Å². The molecule has 7 heteroatoms. The third kappa shape index (κ3) is 4.11. The summed E-state index contributed by atoms with van der Waals surface area (Å²) in [5, 5.41) is 0. The zero-order valence-electron chi connectivity index (χ0n) is 15.6. The highest BCUT2D eigenvalue weighted by molar-refractivity contribution is 5.92. The van der Waals surface area contributed by atoms with Gasteiger partial charge >= 0.3 is 0 Å². The van der Waals surface area contributed by atoms with Crippen LogP contribution in [0.3, 0.4) is 0 Å². The standard InChI is InChI=1S/C20H28N4O2.ClH/c21-18-14-4-3-5-15(18)13-16(12-14)19(25)23-8-10-24(11-9-23)20(26)17-6-1-2-7-22-17;/h1-2,6-7,14-16,18H,3-5,8-13,21H2;1H. The van der Waals surface area contributed by atoms with E-state index in [-0.39, 0.29) is 30.1 Å². The first kappa shape index (κ1) is 20.1. The van der Waals surface area contributed by atoms with Crippen molar-refractivity contribution < 1.29 is 9.59 Å². The molecular weight excluding hydrogens is 364 g/mol. The first-order valence-electron chi connectivity index (χ1n) is 9.88. The van der Waals surface area contributed by atoms with E-state index in [0.29, 0.717) is 49.8 Å². The van der Waals surface area contributed by atoms with Gasteiger partial charge in [0.05, 0.1) is 0 Å². The van der Waals surface area contributed by atoms with Gasteiger partial charge in [0.15, 0.2) is 0 Å². The second-order valence-corrected chi connectivity index (χ2v) is 8.03. The minimum atomic E-state index is -0.0455. The van der Waals surface area contributed by atoms with Crippen molar-refractivity contribution in [2.45, 2.75) is 38.1 Å². The van der Waals surface area contributed by atoms with Crippen LogP contribution in [0.1, 0.15) is 42.6 Å². The monoisotopic (exact) mass is 392 g/mol. The van der Waals surface area contributed by atoms with Crippen molar-refractivity contribution in [3.05, 3.63) is 30.1 Å². The molecule has 1 aliphatic heterocycles. The zero-order valence-corrected chi connectivity index (χ0v) is 16.4. The van der Waals surface area contributed by atoms with E-state index < -0.39 is 0 Å². The van der Waals surface area contributed by atoms with E-state index in [1.165, 1.54) is 19.3 Å². The van der Waals surface area contributed by atoms with E-state index in [2.05, 4.69) is 4.98 Å². The first-order valence-corrected chi connectivity index (χ1v) is 9.88. The fourth-order valence-electron chi connectivity index (χ4n) is 5.03. The summed E-state index contributed by atoms with van der Waals surface area (Å²) in [6.45, 7) is 2.41. The smallest absolute Gasteiger partial charge is 0.272 e. The second kappa shape index (κ2) is 8.57. The second-order valence-electron chi connectivity index (χ2n) is 8.03. The Morgan fingerprint density at radius 2 is 1.63 bits per heavy atom. The average molecular weight is 393 g/mol. The Morgan fingerprint density at radius 3 is 2.22 bits per heavy atom. The summed E-state index contributed by atoms with van der Waals surface area (Å²) >= 11 is 0. The van der Waals surface area contributed by atoms with Crippen LogP contribution in [0, 0.1) is 17.8 Å². The van der Waals surface area contributed by atoms with Gasteiger partial charge < -0.3 is 15.5 Å². The molecule has 0 aromatic carbocycles. The summed E-state index contributed by atoms with van der Waals surface area (Å²) in [6, 6.07) is 5.66. The number of halogens is 1. The molecule has 6 nitrogen and oxygen atoms in total. The lowest BCUT2D eigenvalue weighted by Crippen LogP contribution is -2.54. The number of piperazine rings is 1. The fraction of sp³-hybridized carbons (Fsp3) is 0.650. The third-order valence-corrected chi connectivity index (χ3v) is 6.52. The van der Waals surface area contributed by atoms with Crippen LogP contribution in [0.15, 0.2) is 24.4 Å². The minimum Gasteiger partial charge on any atom is -0.339 e. The van der Waals surface area contributed by atoms with Gasteiger partial charge in [-0.25, -0.2) is 0 Å². The van der Waals surface area contributed by atoms with Crippen molar-refractivity contribution in [3.63, 3.8) is 0 Å². The molecule has 27 heavy (non-hydrogen) atoms. The van der Waals surface area contributed by atoms with Crippen LogP contribution < -0.4 is 5.73 Å². The number of hydrogen-bond acceptors (Lipinski definition) is 4. The van der Waals surface area contributed by atoms with Gasteiger partial charge in [0.25, 0.3) is 5.91 Å². The van der Waals surface area contributed by atoms with Crippen molar-refractivity contribution in [1.29, 1.82) is 0 Å². The Kier molecular flexibility index (Phi) is 6.37. The van der Waals surface area contributed by atoms with E-state index >= 15 is 0 Å². The van der Waals surface area contributed by atoms with Crippen molar-refractivity contribution in [2.75, 3.05) is 26.2 Å². The van der Waals surface area contributed by atoms with E-state index in [1.807, 2.05) is 11.0 Å². The maximum absolute atomic E-state index is 13.0. The van der Waals surface area contributed by atoms with Crippen LogP contribution in [0.5, 0.6) is 0 Å². The Labute approximate surface area is 166 Å². The van der Waals surface area contributed by atoms with Crippen molar-refractivity contribution in [2.24, 2.45) is 23.5 Å². The van der Waals surface area contributed by atoms with Gasteiger partial charge in [0.2, 0.25) is 5.91 Å². The van der Waals surface area contributed by atoms with Gasteiger partial charge in [0, 0.05) is 44.3 Å². The van der Waals surface area contributed by atoms with Crippen LogP contribution in [0.4, 0.5) is 0 Å². The fourth-order valence-corrected chi connectivity index (χ4v) is 5.03. The summed E-state index contributed by atoms with van der Waals surface area (Å²) in [6.07, 6.45) is 7.14. The Hall–Kier alpha value is -1.66. The molecule has 148 valence electrons. The highest BCUT2D eigenvalue weighted by Gasteiger charge is 2.42. The van der Waals surface area contributed by atoms with Crippen molar-refractivity contribution in [3.8, 4) is 0 Å². The molecule has 3 aliphatic rings. The summed E-state index contributed by atoms with van der Waals surface area (Å²) in [7, 11) is 0. The van der Waals surface area contributed by atoms with E-state index in [9.17, 15) is 9.59 Å². The quantitative estimate of drug-likeness (QED) is 0.834. The minimum absolute atomic E-state index is 0. The molecule has 4 rings (SSSR count). The average Bonchev–Trinajstić information content (AvgIpc) is 2.67. The number of rotatable bonds is 2. The van der Waals surface area contributed by atoms with Crippen LogP contribution >= 0.6 is 12.4 Å². The molecule has 2 saturated carbocycles. The van der Waals surface area contributed by atoms with Gasteiger partial charge in [-0.2, -0.15) is 0 Å². The molecule has 2 aliphatic carbocycles. The van der Waals surface area contributed by atoms with Gasteiger partial charge in [-0.3, -0.25) is 14.6 Å². The SMILES string of the molecule is Cl.NC1C2CCCC1CC(C(=O)N1CCN(C(=O)c3ccccn3)CC1)C2. The molecule has 1 aromatic heterocycles. The van der Waals surface area contributed by atoms with Gasteiger partial charge in [-0.05, 0) is 49.7 Å². The highest BCUT2D eigenvalue weighted by Crippen LogP contribution is 2.42. The summed E-state index contributed by atoms with van der Waals surface area (Å²) in [4.78, 5) is 33.4. The molecule has 2 N–H and O–H groups in total. The molecular formula is C20H29ClN4O2. The van der Waals surface area contributed by atoms with Crippen LogP contribution in [-0.4, -0.2) is 58.8 Å². The Morgan fingerprint density at radius 1 is 1.00 bits per heavy atom. The number of amides is 2. The zero-order chi connectivity index (χ0) is 18.1. The molecule has 2 atom stereocenters. The number of nitrogens with zero attached hydrogens (tertiary/aromatic N) is 3. The Bertz CT molecular complexity index is 649. The predicted molar refractivity (Wildman–Crippen MR) is 105 cm³/mol. The molecule has 1 aromatic rings. The number of pyridine rings is 1.